The van der Waals surface area contributed by atoms with Gasteiger partial charge < -0.3 is 4.74 Å². The lowest BCUT2D eigenvalue weighted by Gasteiger charge is -1.95. The summed E-state index contributed by atoms with van der Waals surface area (Å²) in [5.74, 6) is 0. The molecule has 1 heteroatoms. The van der Waals surface area contributed by atoms with Gasteiger partial charge in [-0.2, -0.15) is 0 Å². The summed E-state index contributed by atoms with van der Waals surface area (Å²) in [6, 6.07) is 0. The lowest BCUT2D eigenvalue weighted by molar-refractivity contribution is 0.206. The van der Waals surface area contributed by atoms with Crippen LogP contribution in [0, 0.1) is 13.5 Å². The molecule has 0 fully saturated rings. The van der Waals surface area contributed by atoms with Gasteiger partial charge in [-0.05, 0) is 13.3 Å². The fourth-order valence-electron chi connectivity index (χ4n) is 0.429. The molecule has 0 amide bonds. The Hall–Kier alpha value is -0.0400. The molecule has 0 heterocycles. The molecule has 1 nitrogen and oxygen atoms in total. The molecule has 0 N–H and O–H groups in total. The van der Waals surface area contributed by atoms with E-state index in [9.17, 15) is 0 Å². The summed E-state index contributed by atoms with van der Waals surface area (Å²) < 4.78 is 4.98. The molecule has 0 unspecified atom stereocenters. The second-order valence-electron chi connectivity index (χ2n) is 1.62. The predicted molar refractivity (Wildman–Crippen MR) is 35.1 cm³/mol. The summed E-state index contributed by atoms with van der Waals surface area (Å²) in [6.07, 6.45) is 3.18. The van der Waals surface area contributed by atoms with Crippen molar-refractivity contribution >= 4 is 0 Å². The molecule has 0 aliphatic rings. The Morgan fingerprint density at radius 2 is 2.38 bits per heavy atom. The van der Waals surface area contributed by atoms with Gasteiger partial charge in [-0.3, -0.25) is 0 Å². The van der Waals surface area contributed by atoms with Crippen LogP contribution in [0.15, 0.2) is 0 Å². The third-order valence-corrected chi connectivity index (χ3v) is 0.856. The van der Waals surface area contributed by atoms with Gasteiger partial charge in [0, 0.05) is 6.61 Å². The van der Waals surface area contributed by atoms with Crippen LogP contribution in [-0.2, 0) is 4.74 Å². The van der Waals surface area contributed by atoms with Gasteiger partial charge in [0.05, 0.1) is 6.61 Å². The summed E-state index contributed by atoms with van der Waals surface area (Å²) in [7, 11) is 0. The van der Waals surface area contributed by atoms with Gasteiger partial charge in [-0.15, -0.1) is 0 Å². The minimum atomic E-state index is 0.789. The number of unbranched alkanes of at least 4 members (excludes halogenated alkanes) is 2. The highest BCUT2D eigenvalue weighted by molar-refractivity contribution is 4.51. The lowest BCUT2D eigenvalue weighted by Crippen LogP contribution is -1.84. The molecular weight excluding hydrogens is 100 g/mol. The summed E-state index contributed by atoms with van der Waals surface area (Å²) in [5, 5.41) is 0. The average molecular weight is 114 g/mol. The van der Waals surface area contributed by atoms with Crippen molar-refractivity contribution in [1.29, 1.82) is 0 Å². The van der Waals surface area contributed by atoms with Crippen LogP contribution in [0.4, 0.5) is 0 Å². The zero-order valence-electron chi connectivity index (χ0n) is 5.52. The Bertz CT molecular complexity index is 29.4. The zero-order chi connectivity index (χ0) is 6.24. The molecular formula is C7H14O. The minimum absolute atomic E-state index is 0.789. The summed E-state index contributed by atoms with van der Waals surface area (Å²) in [5.41, 5.74) is 0. The molecule has 0 saturated carbocycles. The Morgan fingerprint density at radius 3 is 2.88 bits per heavy atom. The van der Waals surface area contributed by atoms with Crippen molar-refractivity contribution in [3.05, 3.63) is 13.5 Å². The van der Waals surface area contributed by atoms with E-state index < -0.39 is 0 Å². The van der Waals surface area contributed by atoms with E-state index in [0.29, 0.717) is 0 Å². The first-order chi connectivity index (χ1) is 3.91. The van der Waals surface area contributed by atoms with Crippen LogP contribution in [0.3, 0.4) is 0 Å². The van der Waals surface area contributed by atoms with Crippen LogP contribution < -0.4 is 0 Å². The third kappa shape index (κ3) is 5.96. The van der Waals surface area contributed by atoms with Crippen molar-refractivity contribution < 1.29 is 4.74 Å². The van der Waals surface area contributed by atoms with Gasteiger partial charge >= 0.3 is 0 Å². The van der Waals surface area contributed by atoms with E-state index in [0.717, 1.165) is 25.9 Å². The Balaban J connectivity index is 2.53. The normalized spacial score (nSPS) is 9.75. The van der Waals surface area contributed by atoms with Crippen molar-refractivity contribution in [2.24, 2.45) is 0 Å². The molecule has 0 aromatic carbocycles. The van der Waals surface area contributed by atoms with Gasteiger partial charge in [-0.1, -0.05) is 19.8 Å². The maximum Gasteiger partial charge on any atom is 0.0836 e. The first-order valence-electron chi connectivity index (χ1n) is 3.14. The van der Waals surface area contributed by atoms with Crippen LogP contribution in [-0.4, -0.2) is 6.61 Å². The molecule has 0 spiro atoms. The molecule has 0 bridgehead atoms. The van der Waals surface area contributed by atoms with Crippen molar-refractivity contribution in [1.82, 2.24) is 0 Å². The molecule has 8 heavy (non-hydrogen) atoms. The summed E-state index contributed by atoms with van der Waals surface area (Å²) >= 11 is 0. The maximum atomic E-state index is 4.98. The highest BCUT2D eigenvalue weighted by atomic mass is 16.5. The second-order valence-corrected chi connectivity index (χ2v) is 1.62. The van der Waals surface area contributed by atoms with Crippen molar-refractivity contribution in [3.8, 4) is 0 Å². The van der Waals surface area contributed by atoms with Crippen molar-refractivity contribution in [3.63, 3.8) is 0 Å². The first-order valence-corrected chi connectivity index (χ1v) is 3.14. The molecule has 0 saturated heterocycles. The molecule has 0 aromatic heterocycles. The second kappa shape index (κ2) is 6.96. The maximum absolute atomic E-state index is 4.98. The number of ether oxygens (including phenoxy) is 1. The largest absolute Gasteiger partial charge is 0.376 e. The van der Waals surface area contributed by atoms with Crippen LogP contribution in [0.1, 0.15) is 26.2 Å². The number of hydrogen-bond donors (Lipinski definition) is 0. The molecule has 0 aliphatic carbocycles. The van der Waals surface area contributed by atoms with Gasteiger partial charge in [-0.25, -0.2) is 0 Å². The van der Waals surface area contributed by atoms with E-state index >= 15 is 0 Å². The van der Waals surface area contributed by atoms with Crippen LogP contribution in [0.2, 0.25) is 0 Å². The molecule has 0 rings (SSSR count). The van der Waals surface area contributed by atoms with E-state index in [1.165, 1.54) is 0 Å². The number of rotatable bonds is 5. The molecule has 0 aromatic rings. The molecule has 48 valence electrons. The van der Waals surface area contributed by atoms with E-state index in [-0.39, 0.29) is 0 Å². The minimum Gasteiger partial charge on any atom is -0.376 e. The fraction of sp³-hybridized carbons (Fsp3) is 0.714. The summed E-state index contributed by atoms with van der Waals surface area (Å²) in [6.45, 7) is 8.34. The van der Waals surface area contributed by atoms with Gasteiger partial charge in [0.15, 0.2) is 0 Å². The monoisotopic (exact) mass is 114 g/mol. The Labute approximate surface area is 52.0 Å². The van der Waals surface area contributed by atoms with Crippen LogP contribution in [0.5, 0.6) is 0 Å². The predicted octanol–water partition coefficient (Wildman–Crippen LogP) is 2.19. The van der Waals surface area contributed by atoms with Gasteiger partial charge in [0.25, 0.3) is 0 Å². The standard InChI is InChI=1S/C7H14O/c1-3-5-6-7-8-4-2/h7H,1,3-6H2,2H3. The average Bonchev–Trinajstić information content (AvgIpc) is 1.81. The zero-order valence-corrected chi connectivity index (χ0v) is 5.52. The van der Waals surface area contributed by atoms with E-state index in [2.05, 4.69) is 6.92 Å². The molecule has 2 radical (unpaired) electrons. The molecule has 0 atom stereocenters. The van der Waals surface area contributed by atoms with Crippen molar-refractivity contribution in [2.45, 2.75) is 26.2 Å². The SMILES string of the molecule is [CH2]CCC[CH]OCC. The lowest BCUT2D eigenvalue weighted by atomic mass is 10.3. The highest BCUT2D eigenvalue weighted by Crippen LogP contribution is 1.96. The van der Waals surface area contributed by atoms with Gasteiger partial charge in [0.2, 0.25) is 0 Å². The topological polar surface area (TPSA) is 9.23 Å². The van der Waals surface area contributed by atoms with Crippen LogP contribution >= 0.6 is 0 Å². The fourth-order valence-corrected chi connectivity index (χ4v) is 0.429. The van der Waals surface area contributed by atoms with E-state index in [4.69, 9.17) is 4.74 Å². The first kappa shape index (κ1) is 7.96. The van der Waals surface area contributed by atoms with E-state index in [1.807, 2.05) is 13.5 Å². The van der Waals surface area contributed by atoms with E-state index in [1.54, 1.807) is 0 Å². The summed E-state index contributed by atoms with van der Waals surface area (Å²) in [4.78, 5) is 0. The Morgan fingerprint density at radius 1 is 1.62 bits per heavy atom. The Kier molecular flexibility index (Phi) is 6.93. The van der Waals surface area contributed by atoms with Crippen LogP contribution in [0.25, 0.3) is 0 Å². The highest BCUT2D eigenvalue weighted by Gasteiger charge is 1.83. The van der Waals surface area contributed by atoms with Gasteiger partial charge in [0.1, 0.15) is 0 Å². The third-order valence-electron chi connectivity index (χ3n) is 0.856. The van der Waals surface area contributed by atoms with Crippen molar-refractivity contribution in [2.75, 3.05) is 6.61 Å². The quantitative estimate of drug-likeness (QED) is 0.498. The molecule has 0 aliphatic heterocycles. The smallest absolute Gasteiger partial charge is 0.0836 e. The number of hydrogen-bond acceptors (Lipinski definition) is 1.